The molecular weight excluding hydrogens is 621 g/mol. The van der Waals surface area contributed by atoms with Gasteiger partial charge in [-0.3, -0.25) is 9.11 Å². The molecule has 4 aromatic carbocycles. The Morgan fingerprint density at radius 2 is 1.14 bits per heavy atom. The number of phenols is 1. The van der Waals surface area contributed by atoms with Gasteiger partial charge in [-0.2, -0.15) is 16.8 Å². The third-order valence-corrected chi connectivity index (χ3v) is 9.58. The van der Waals surface area contributed by atoms with E-state index < -0.39 is 37.2 Å². The maximum absolute atomic E-state index is 12.0. The molecular formula is C33H36O8S3. The molecule has 0 aliphatic rings. The van der Waals surface area contributed by atoms with Crippen LogP contribution in [0.15, 0.2) is 94.7 Å². The van der Waals surface area contributed by atoms with Gasteiger partial charge < -0.3 is 9.84 Å². The molecule has 4 rings (SSSR count). The van der Waals surface area contributed by atoms with E-state index in [1.807, 2.05) is 71.0 Å². The SMILES string of the molecule is CC(C)(C)c1ccc(C(C)(C)c2ccc(Oc3ccc(Sc4ccc(O)cc4)cc3)c(CS(=O)(=O)O)c2)cc1CS(=O)(=O)O. The molecule has 0 unspecified atom stereocenters. The van der Waals surface area contributed by atoms with Crippen LogP contribution < -0.4 is 4.74 Å². The van der Waals surface area contributed by atoms with Gasteiger partial charge in [0, 0.05) is 20.8 Å². The van der Waals surface area contributed by atoms with Crippen molar-refractivity contribution < 1.29 is 35.8 Å². The number of phenolic OH excluding ortho intramolecular Hbond substituents is 1. The van der Waals surface area contributed by atoms with Gasteiger partial charge in [0.05, 0.1) is 0 Å². The van der Waals surface area contributed by atoms with Crippen LogP contribution in [0.5, 0.6) is 17.2 Å². The lowest BCUT2D eigenvalue weighted by Gasteiger charge is -2.30. The highest BCUT2D eigenvalue weighted by Gasteiger charge is 2.28. The molecule has 0 spiro atoms. The van der Waals surface area contributed by atoms with E-state index in [4.69, 9.17) is 4.74 Å². The zero-order chi connectivity index (χ0) is 32.5. The zero-order valence-electron chi connectivity index (χ0n) is 25.1. The van der Waals surface area contributed by atoms with Gasteiger partial charge >= 0.3 is 0 Å². The topological polar surface area (TPSA) is 138 Å². The molecule has 3 N–H and O–H groups in total. The molecule has 8 nitrogen and oxygen atoms in total. The van der Waals surface area contributed by atoms with Crippen molar-refractivity contribution in [2.75, 3.05) is 0 Å². The second-order valence-corrected chi connectivity index (χ2v) is 16.2. The van der Waals surface area contributed by atoms with Crippen molar-refractivity contribution in [1.82, 2.24) is 0 Å². The van der Waals surface area contributed by atoms with Gasteiger partial charge in [0.25, 0.3) is 20.2 Å². The fraction of sp³-hybridized carbons (Fsp3) is 0.273. The molecule has 44 heavy (non-hydrogen) atoms. The van der Waals surface area contributed by atoms with Crippen LogP contribution in [0.2, 0.25) is 0 Å². The average Bonchev–Trinajstić information content (AvgIpc) is 2.89. The number of hydrogen-bond acceptors (Lipinski definition) is 7. The first-order valence-electron chi connectivity index (χ1n) is 13.7. The Morgan fingerprint density at radius 1 is 0.659 bits per heavy atom. The number of rotatable bonds is 10. The summed E-state index contributed by atoms with van der Waals surface area (Å²) in [6, 6.07) is 24.7. The second-order valence-electron chi connectivity index (χ2n) is 12.2. The lowest BCUT2D eigenvalue weighted by Crippen LogP contribution is -2.22. The second kappa shape index (κ2) is 12.6. The minimum atomic E-state index is -4.41. The molecule has 4 aromatic rings. The van der Waals surface area contributed by atoms with E-state index in [0.29, 0.717) is 16.9 Å². The Hall–Kier alpha value is -3.35. The summed E-state index contributed by atoms with van der Waals surface area (Å²) in [7, 11) is -8.70. The minimum Gasteiger partial charge on any atom is -0.508 e. The highest BCUT2D eigenvalue weighted by molar-refractivity contribution is 7.99. The van der Waals surface area contributed by atoms with Gasteiger partial charge in [-0.25, -0.2) is 0 Å². The maximum atomic E-state index is 12.0. The van der Waals surface area contributed by atoms with Crippen molar-refractivity contribution in [2.45, 2.75) is 66.7 Å². The third-order valence-electron chi connectivity index (χ3n) is 7.22. The summed E-state index contributed by atoms with van der Waals surface area (Å²) in [5, 5.41) is 9.49. The number of ether oxygens (including phenoxy) is 1. The molecule has 0 atom stereocenters. The molecule has 0 radical (unpaired) electrons. The Kier molecular flexibility index (Phi) is 9.58. The summed E-state index contributed by atoms with van der Waals surface area (Å²) in [6.07, 6.45) is 0. The largest absolute Gasteiger partial charge is 0.508 e. The van der Waals surface area contributed by atoms with Crippen molar-refractivity contribution in [3.63, 3.8) is 0 Å². The monoisotopic (exact) mass is 656 g/mol. The summed E-state index contributed by atoms with van der Waals surface area (Å²) >= 11 is 1.50. The van der Waals surface area contributed by atoms with Crippen molar-refractivity contribution >= 4 is 32.0 Å². The van der Waals surface area contributed by atoms with Gasteiger partial charge in [-0.15, -0.1) is 0 Å². The van der Waals surface area contributed by atoms with Crippen molar-refractivity contribution in [1.29, 1.82) is 0 Å². The predicted molar refractivity (Wildman–Crippen MR) is 173 cm³/mol. The standard InChI is InChI=1S/C33H36O8S3/c1-32(2,3)30-16-6-24(18-22(30)20-43(35,36)37)33(4,5)25-7-17-31(23(19-25)21-44(38,39)40)41-27-10-14-29(15-11-27)42-28-12-8-26(34)9-13-28/h6-19,34H,20-21H2,1-5H3,(H,35,36,37)(H,38,39,40). The molecule has 11 heteroatoms. The van der Waals surface area contributed by atoms with Crippen molar-refractivity contribution in [3.8, 4) is 17.2 Å². The number of hydrogen-bond donors (Lipinski definition) is 3. The van der Waals surface area contributed by atoms with Crippen LogP contribution in [0.25, 0.3) is 0 Å². The minimum absolute atomic E-state index is 0.188. The molecule has 0 bridgehead atoms. The highest BCUT2D eigenvalue weighted by Crippen LogP contribution is 2.39. The van der Waals surface area contributed by atoms with Crippen LogP contribution in [-0.4, -0.2) is 31.0 Å². The maximum Gasteiger partial charge on any atom is 0.269 e. The summed E-state index contributed by atoms with van der Waals surface area (Å²) in [5.41, 5.74) is 1.91. The summed E-state index contributed by atoms with van der Waals surface area (Å²) in [5.74, 6) is -0.282. The van der Waals surface area contributed by atoms with Gasteiger partial charge in [-0.1, -0.05) is 76.7 Å². The molecule has 0 saturated heterocycles. The Bertz CT molecular complexity index is 1860. The van der Waals surface area contributed by atoms with E-state index in [0.717, 1.165) is 20.9 Å². The highest BCUT2D eigenvalue weighted by atomic mass is 32.2. The van der Waals surface area contributed by atoms with E-state index in [1.165, 1.54) is 11.8 Å². The fourth-order valence-corrected chi connectivity index (χ4v) is 6.99. The summed E-state index contributed by atoms with van der Waals surface area (Å²) < 4.78 is 73.1. The lowest BCUT2D eigenvalue weighted by atomic mass is 9.75. The number of aromatic hydroxyl groups is 1. The van der Waals surface area contributed by atoms with E-state index in [-0.39, 0.29) is 22.5 Å². The molecule has 0 aliphatic carbocycles. The number of benzene rings is 4. The molecule has 0 heterocycles. The van der Waals surface area contributed by atoms with Crippen LogP contribution >= 0.6 is 11.8 Å². The quantitative estimate of drug-likeness (QED) is 0.146. The molecule has 0 saturated carbocycles. The van der Waals surface area contributed by atoms with Crippen LogP contribution in [0.1, 0.15) is 62.4 Å². The summed E-state index contributed by atoms with van der Waals surface area (Å²) in [4.78, 5) is 1.88. The summed E-state index contributed by atoms with van der Waals surface area (Å²) in [6.45, 7) is 9.73. The first kappa shape index (κ1) is 33.5. The molecule has 0 aromatic heterocycles. The van der Waals surface area contributed by atoms with Gasteiger partial charge in [0.15, 0.2) is 0 Å². The Morgan fingerprint density at radius 3 is 1.66 bits per heavy atom. The Balaban J connectivity index is 1.67. The third kappa shape index (κ3) is 8.86. The predicted octanol–water partition coefficient (Wildman–Crippen LogP) is 7.73. The van der Waals surface area contributed by atoms with Gasteiger partial charge in [0.2, 0.25) is 0 Å². The molecule has 0 fully saturated rings. The molecule has 0 aliphatic heterocycles. The zero-order valence-corrected chi connectivity index (χ0v) is 27.6. The molecule has 0 amide bonds. The van der Waals surface area contributed by atoms with E-state index >= 15 is 0 Å². The van der Waals surface area contributed by atoms with Crippen molar-refractivity contribution in [2.24, 2.45) is 0 Å². The van der Waals surface area contributed by atoms with E-state index in [2.05, 4.69) is 0 Å². The van der Waals surface area contributed by atoms with Crippen molar-refractivity contribution in [3.05, 3.63) is 113 Å². The Labute approximate surface area is 263 Å². The van der Waals surface area contributed by atoms with Crippen LogP contribution in [0.3, 0.4) is 0 Å². The van der Waals surface area contributed by atoms with E-state index in [1.54, 1.807) is 48.5 Å². The van der Waals surface area contributed by atoms with Crippen LogP contribution in [0, 0.1) is 0 Å². The van der Waals surface area contributed by atoms with Gasteiger partial charge in [0.1, 0.15) is 28.8 Å². The van der Waals surface area contributed by atoms with Gasteiger partial charge in [-0.05, 0) is 82.3 Å². The smallest absolute Gasteiger partial charge is 0.269 e. The van der Waals surface area contributed by atoms with Crippen LogP contribution in [-0.2, 0) is 42.6 Å². The van der Waals surface area contributed by atoms with E-state index in [9.17, 15) is 31.0 Å². The first-order valence-corrected chi connectivity index (χ1v) is 17.8. The normalized spacial score (nSPS) is 12.7. The lowest BCUT2D eigenvalue weighted by molar-refractivity contribution is 0.466. The first-order chi connectivity index (χ1) is 20.3. The fourth-order valence-electron chi connectivity index (χ4n) is 4.93. The molecule has 234 valence electrons. The van der Waals surface area contributed by atoms with Crippen LogP contribution in [0.4, 0.5) is 0 Å². The average molecular weight is 657 g/mol.